The number of hydrogen-bond donors (Lipinski definition) is 1. The average Bonchev–Trinajstić information content (AvgIpc) is 2.77. The Labute approximate surface area is 133 Å². The summed E-state index contributed by atoms with van der Waals surface area (Å²) in [4.78, 5) is 4.60. The van der Waals surface area contributed by atoms with Crippen LogP contribution in [0, 0.1) is 5.41 Å². The molecule has 0 spiro atoms. The summed E-state index contributed by atoms with van der Waals surface area (Å²) in [6, 6.07) is 5.89. The molecule has 0 amide bonds. The van der Waals surface area contributed by atoms with E-state index in [1.54, 1.807) is 7.11 Å². The molecular weight excluding hydrogens is 336 g/mol. The third-order valence-corrected chi connectivity index (χ3v) is 4.77. The van der Waals surface area contributed by atoms with Crippen LogP contribution in [0.4, 0.5) is 5.69 Å². The Balaban J connectivity index is 1.98. The van der Waals surface area contributed by atoms with Crippen LogP contribution < -0.4 is 10.1 Å². The van der Waals surface area contributed by atoms with Gasteiger partial charge in [-0.1, -0.05) is 32.5 Å². The summed E-state index contributed by atoms with van der Waals surface area (Å²) in [7, 11) is 1.67. The topological polar surface area (TPSA) is 33.6 Å². The van der Waals surface area contributed by atoms with E-state index in [0.29, 0.717) is 10.7 Å². The Morgan fingerprint density at radius 2 is 2.20 bits per heavy atom. The molecule has 0 bridgehead atoms. The first kappa shape index (κ1) is 15.7. The molecule has 0 aliphatic carbocycles. The maximum Gasteiger partial charge on any atom is 0.161 e. The molecule has 0 fully saturated rings. The zero-order valence-electron chi connectivity index (χ0n) is 12.4. The first-order valence-electron chi connectivity index (χ1n) is 6.69. The number of anilines is 1. The Hall–Kier alpha value is -0.680. The number of methoxy groups -OCH3 is 1. The minimum absolute atomic E-state index is 0.346. The van der Waals surface area contributed by atoms with E-state index in [1.807, 2.05) is 30.0 Å². The van der Waals surface area contributed by atoms with Crippen LogP contribution in [0.3, 0.4) is 0 Å². The number of aliphatic imine (C=N–C) groups is 1. The van der Waals surface area contributed by atoms with E-state index in [-0.39, 0.29) is 0 Å². The van der Waals surface area contributed by atoms with Crippen molar-refractivity contribution in [2.45, 2.75) is 32.4 Å². The van der Waals surface area contributed by atoms with E-state index in [2.05, 4.69) is 47.0 Å². The number of amidine groups is 1. The molecule has 1 aliphatic rings. The molecule has 20 heavy (non-hydrogen) atoms. The minimum Gasteiger partial charge on any atom is -0.497 e. The SMILES string of the molecule is COc1ccc(Br)c(NC2=NCC(CC(C)(C)C)S2)c1. The largest absolute Gasteiger partial charge is 0.497 e. The number of benzene rings is 1. The van der Waals surface area contributed by atoms with Crippen molar-refractivity contribution in [1.82, 2.24) is 0 Å². The van der Waals surface area contributed by atoms with Gasteiger partial charge in [0.15, 0.2) is 5.17 Å². The van der Waals surface area contributed by atoms with Crippen molar-refractivity contribution >= 4 is 38.5 Å². The number of halogens is 1. The predicted octanol–water partition coefficient (Wildman–Crippen LogP) is 4.78. The summed E-state index contributed by atoms with van der Waals surface area (Å²) in [5.41, 5.74) is 1.34. The van der Waals surface area contributed by atoms with Crippen molar-refractivity contribution in [2.24, 2.45) is 10.4 Å². The van der Waals surface area contributed by atoms with Crippen LogP contribution in [0.25, 0.3) is 0 Å². The molecule has 1 aromatic rings. The number of hydrogen-bond acceptors (Lipinski definition) is 4. The van der Waals surface area contributed by atoms with Crippen LogP contribution in [0.15, 0.2) is 27.7 Å². The van der Waals surface area contributed by atoms with Gasteiger partial charge < -0.3 is 10.1 Å². The van der Waals surface area contributed by atoms with Crippen molar-refractivity contribution in [2.75, 3.05) is 19.0 Å². The number of nitrogens with one attached hydrogen (secondary N) is 1. The van der Waals surface area contributed by atoms with E-state index < -0.39 is 0 Å². The Morgan fingerprint density at radius 1 is 1.45 bits per heavy atom. The molecule has 1 unspecified atom stereocenters. The van der Waals surface area contributed by atoms with Crippen LogP contribution in [-0.4, -0.2) is 24.1 Å². The first-order valence-corrected chi connectivity index (χ1v) is 8.36. The Morgan fingerprint density at radius 3 is 2.85 bits per heavy atom. The van der Waals surface area contributed by atoms with Gasteiger partial charge in [-0.05, 0) is 39.9 Å². The second-order valence-corrected chi connectivity index (χ2v) is 8.26. The molecule has 3 nitrogen and oxygen atoms in total. The summed E-state index contributed by atoms with van der Waals surface area (Å²) in [5, 5.41) is 4.95. The zero-order valence-corrected chi connectivity index (χ0v) is 14.8. The fourth-order valence-electron chi connectivity index (χ4n) is 2.12. The van der Waals surface area contributed by atoms with Gasteiger partial charge in [0.1, 0.15) is 5.75 Å². The molecule has 1 aromatic carbocycles. The molecular formula is C15H21BrN2OS. The molecule has 5 heteroatoms. The maximum absolute atomic E-state index is 5.25. The molecule has 1 aliphatic heterocycles. The molecule has 2 rings (SSSR count). The normalized spacial score (nSPS) is 18.9. The number of thioether (sulfide) groups is 1. The molecule has 1 N–H and O–H groups in total. The second-order valence-electron chi connectivity index (χ2n) is 6.12. The van der Waals surface area contributed by atoms with Gasteiger partial charge in [0.2, 0.25) is 0 Å². The molecule has 110 valence electrons. The van der Waals surface area contributed by atoms with Gasteiger partial charge in [0, 0.05) is 15.8 Å². The fourth-order valence-corrected chi connectivity index (χ4v) is 3.83. The predicted molar refractivity (Wildman–Crippen MR) is 92.1 cm³/mol. The molecule has 0 aromatic heterocycles. The highest BCUT2D eigenvalue weighted by Crippen LogP contribution is 2.34. The van der Waals surface area contributed by atoms with Gasteiger partial charge >= 0.3 is 0 Å². The number of rotatable bonds is 3. The zero-order chi connectivity index (χ0) is 14.8. The van der Waals surface area contributed by atoms with E-state index in [0.717, 1.165) is 27.6 Å². The quantitative estimate of drug-likeness (QED) is 0.845. The molecule has 1 atom stereocenters. The summed E-state index contributed by atoms with van der Waals surface area (Å²) >= 11 is 5.38. The van der Waals surface area contributed by atoms with Gasteiger partial charge in [-0.25, -0.2) is 0 Å². The van der Waals surface area contributed by atoms with Gasteiger partial charge in [-0.15, -0.1) is 0 Å². The number of nitrogens with zero attached hydrogens (tertiary/aromatic N) is 1. The van der Waals surface area contributed by atoms with Crippen molar-refractivity contribution in [3.05, 3.63) is 22.7 Å². The highest BCUT2D eigenvalue weighted by molar-refractivity contribution is 9.10. The smallest absolute Gasteiger partial charge is 0.161 e. The first-order chi connectivity index (χ1) is 9.37. The lowest BCUT2D eigenvalue weighted by atomic mass is 9.90. The van der Waals surface area contributed by atoms with Crippen LogP contribution in [0.2, 0.25) is 0 Å². The Kier molecular flexibility index (Phi) is 5.02. The van der Waals surface area contributed by atoms with Crippen molar-refractivity contribution in [1.29, 1.82) is 0 Å². The molecule has 0 saturated heterocycles. The van der Waals surface area contributed by atoms with E-state index >= 15 is 0 Å². The summed E-state index contributed by atoms with van der Waals surface area (Å²) in [6.45, 7) is 7.72. The molecule has 0 saturated carbocycles. The van der Waals surface area contributed by atoms with Crippen molar-refractivity contribution in [3.63, 3.8) is 0 Å². The van der Waals surface area contributed by atoms with Crippen LogP contribution in [-0.2, 0) is 0 Å². The third kappa shape index (κ3) is 4.42. The monoisotopic (exact) mass is 356 g/mol. The van der Waals surface area contributed by atoms with E-state index in [4.69, 9.17) is 4.74 Å². The molecule has 1 heterocycles. The lowest BCUT2D eigenvalue weighted by Gasteiger charge is -2.21. The lowest BCUT2D eigenvalue weighted by Crippen LogP contribution is -2.16. The van der Waals surface area contributed by atoms with Gasteiger partial charge in [0.05, 0.1) is 19.3 Å². The van der Waals surface area contributed by atoms with E-state index in [9.17, 15) is 0 Å². The summed E-state index contributed by atoms with van der Waals surface area (Å²) in [6.07, 6.45) is 1.17. The van der Waals surface area contributed by atoms with Crippen molar-refractivity contribution in [3.8, 4) is 5.75 Å². The minimum atomic E-state index is 0.346. The van der Waals surface area contributed by atoms with Gasteiger partial charge in [0.25, 0.3) is 0 Å². The van der Waals surface area contributed by atoms with Gasteiger partial charge in [-0.3, -0.25) is 4.99 Å². The standard InChI is InChI=1S/C15H21BrN2OS/c1-15(2,3)8-11-9-17-14(20-11)18-13-7-10(19-4)5-6-12(13)16/h5-7,11H,8-9H2,1-4H3,(H,17,18). The van der Waals surface area contributed by atoms with Crippen LogP contribution >= 0.6 is 27.7 Å². The van der Waals surface area contributed by atoms with Crippen molar-refractivity contribution < 1.29 is 4.74 Å². The fraction of sp³-hybridized carbons (Fsp3) is 0.533. The third-order valence-electron chi connectivity index (χ3n) is 2.97. The van der Waals surface area contributed by atoms with Crippen LogP contribution in [0.1, 0.15) is 27.2 Å². The summed E-state index contributed by atoms with van der Waals surface area (Å²) < 4.78 is 6.27. The highest BCUT2D eigenvalue weighted by Gasteiger charge is 2.25. The summed E-state index contributed by atoms with van der Waals surface area (Å²) in [5.74, 6) is 0.838. The second kappa shape index (κ2) is 6.39. The maximum atomic E-state index is 5.25. The number of ether oxygens (including phenoxy) is 1. The lowest BCUT2D eigenvalue weighted by molar-refractivity contribution is 0.375. The van der Waals surface area contributed by atoms with Crippen LogP contribution in [0.5, 0.6) is 5.75 Å². The molecule has 0 radical (unpaired) electrons. The van der Waals surface area contributed by atoms with Gasteiger partial charge in [-0.2, -0.15) is 0 Å². The van der Waals surface area contributed by atoms with E-state index in [1.165, 1.54) is 6.42 Å². The average molecular weight is 357 g/mol. The highest BCUT2D eigenvalue weighted by atomic mass is 79.9. The Bertz CT molecular complexity index is 511.